The van der Waals surface area contributed by atoms with Gasteiger partial charge in [-0.25, -0.2) is 0 Å². The van der Waals surface area contributed by atoms with Crippen molar-refractivity contribution in [1.82, 2.24) is 9.80 Å². The fourth-order valence-electron chi connectivity index (χ4n) is 2.16. The number of rotatable bonds is 3. The number of carbonyl (C=O) groups is 2. The molecule has 1 unspecified atom stereocenters. The molecule has 0 aliphatic carbocycles. The van der Waals surface area contributed by atoms with Gasteiger partial charge in [-0.15, -0.1) is 0 Å². The second kappa shape index (κ2) is 5.71. The zero-order valence-electron chi connectivity index (χ0n) is 11.5. The summed E-state index contributed by atoms with van der Waals surface area (Å²) in [6.07, 6.45) is 0.156. The molecule has 6 nitrogen and oxygen atoms in total. The third-order valence-electron chi connectivity index (χ3n) is 3.12. The van der Waals surface area contributed by atoms with Crippen LogP contribution in [0.4, 0.5) is 0 Å². The van der Waals surface area contributed by atoms with Crippen molar-refractivity contribution in [3.8, 4) is 12.1 Å². The largest absolute Gasteiger partial charge is 0.337 e. The van der Waals surface area contributed by atoms with Crippen LogP contribution in [0.25, 0.3) is 0 Å². The highest BCUT2D eigenvalue weighted by Crippen LogP contribution is 2.26. The van der Waals surface area contributed by atoms with E-state index in [-0.39, 0.29) is 36.9 Å². The average molecular weight is 262 g/mol. The van der Waals surface area contributed by atoms with Gasteiger partial charge in [-0.05, 0) is 20.8 Å². The van der Waals surface area contributed by atoms with E-state index in [0.717, 1.165) is 0 Å². The van der Waals surface area contributed by atoms with E-state index in [0.29, 0.717) is 6.54 Å². The monoisotopic (exact) mass is 262 g/mol. The summed E-state index contributed by atoms with van der Waals surface area (Å²) >= 11 is 0. The van der Waals surface area contributed by atoms with Crippen molar-refractivity contribution >= 4 is 11.8 Å². The first-order valence-corrected chi connectivity index (χ1v) is 6.14. The Morgan fingerprint density at radius 3 is 2.26 bits per heavy atom. The first-order valence-electron chi connectivity index (χ1n) is 6.14. The van der Waals surface area contributed by atoms with Gasteiger partial charge in [0.1, 0.15) is 13.1 Å². The second-order valence-electron chi connectivity index (χ2n) is 5.59. The Labute approximate surface area is 113 Å². The number of hydrogen-bond acceptors (Lipinski definition) is 4. The maximum atomic E-state index is 12.2. The minimum absolute atomic E-state index is 0.0558. The topological polar surface area (TPSA) is 88.2 Å². The molecule has 6 heteroatoms. The SMILES string of the molecule is CC(C)(C)N1CC(C(=O)N(CC#N)CC#N)CC1=O. The summed E-state index contributed by atoms with van der Waals surface area (Å²) in [5, 5.41) is 17.3. The third-order valence-corrected chi connectivity index (χ3v) is 3.12. The molecule has 1 atom stereocenters. The molecule has 102 valence electrons. The summed E-state index contributed by atoms with van der Waals surface area (Å²) in [7, 11) is 0. The van der Waals surface area contributed by atoms with Gasteiger partial charge in [-0.3, -0.25) is 9.59 Å². The third kappa shape index (κ3) is 3.45. The zero-order chi connectivity index (χ0) is 14.6. The smallest absolute Gasteiger partial charge is 0.229 e. The fraction of sp³-hybridized carbons (Fsp3) is 0.692. The van der Waals surface area contributed by atoms with Crippen LogP contribution in [0.5, 0.6) is 0 Å². The van der Waals surface area contributed by atoms with Crippen LogP contribution in [0.15, 0.2) is 0 Å². The molecular weight excluding hydrogens is 244 g/mol. The van der Waals surface area contributed by atoms with E-state index >= 15 is 0 Å². The predicted molar refractivity (Wildman–Crippen MR) is 67.4 cm³/mol. The van der Waals surface area contributed by atoms with Crippen molar-refractivity contribution in [2.75, 3.05) is 19.6 Å². The van der Waals surface area contributed by atoms with Crippen molar-refractivity contribution in [2.45, 2.75) is 32.7 Å². The van der Waals surface area contributed by atoms with E-state index in [1.165, 1.54) is 4.90 Å². The van der Waals surface area contributed by atoms with Gasteiger partial charge >= 0.3 is 0 Å². The van der Waals surface area contributed by atoms with E-state index in [2.05, 4.69) is 0 Å². The summed E-state index contributed by atoms with van der Waals surface area (Å²) in [6, 6.07) is 3.73. The molecule has 1 aliphatic rings. The number of hydrogen-bond donors (Lipinski definition) is 0. The van der Waals surface area contributed by atoms with Gasteiger partial charge in [0.2, 0.25) is 11.8 Å². The van der Waals surface area contributed by atoms with Gasteiger partial charge in [-0.2, -0.15) is 10.5 Å². The van der Waals surface area contributed by atoms with E-state index < -0.39 is 5.92 Å². The molecular formula is C13H18N4O2. The zero-order valence-corrected chi connectivity index (χ0v) is 11.5. The van der Waals surface area contributed by atoms with Crippen molar-refractivity contribution in [3.63, 3.8) is 0 Å². The predicted octanol–water partition coefficient (Wildman–Crippen LogP) is 0.509. The molecule has 0 aromatic carbocycles. The van der Waals surface area contributed by atoms with Crippen LogP contribution in [-0.4, -0.2) is 46.8 Å². The molecule has 0 radical (unpaired) electrons. The minimum atomic E-state index is -0.451. The number of nitrogens with zero attached hydrogens (tertiary/aromatic N) is 4. The molecule has 1 saturated heterocycles. The van der Waals surface area contributed by atoms with Crippen LogP contribution in [0.1, 0.15) is 27.2 Å². The van der Waals surface area contributed by atoms with Gasteiger partial charge < -0.3 is 9.80 Å². The molecule has 1 rings (SSSR count). The lowest BCUT2D eigenvalue weighted by molar-refractivity contribution is -0.134. The molecule has 0 aromatic rings. The van der Waals surface area contributed by atoms with E-state index in [4.69, 9.17) is 10.5 Å². The van der Waals surface area contributed by atoms with Gasteiger partial charge in [0.15, 0.2) is 0 Å². The van der Waals surface area contributed by atoms with Gasteiger partial charge in [0.05, 0.1) is 18.1 Å². The number of nitriles is 2. The highest BCUT2D eigenvalue weighted by Gasteiger charge is 2.40. The lowest BCUT2D eigenvalue weighted by atomic mass is 10.1. The summed E-state index contributed by atoms with van der Waals surface area (Å²) in [5.74, 6) is -0.795. The van der Waals surface area contributed by atoms with Gasteiger partial charge in [-0.1, -0.05) is 0 Å². The van der Waals surface area contributed by atoms with Gasteiger partial charge in [0, 0.05) is 18.5 Å². The molecule has 1 fully saturated rings. The van der Waals surface area contributed by atoms with Crippen molar-refractivity contribution in [2.24, 2.45) is 5.92 Å². The van der Waals surface area contributed by atoms with Crippen molar-refractivity contribution < 1.29 is 9.59 Å². The Morgan fingerprint density at radius 2 is 1.89 bits per heavy atom. The van der Waals surface area contributed by atoms with Gasteiger partial charge in [0.25, 0.3) is 0 Å². The summed E-state index contributed by atoms with van der Waals surface area (Å²) in [6.45, 7) is 5.87. The molecule has 0 spiro atoms. The Kier molecular flexibility index (Phi) is 4.50. The lowest BCUT2D eigenvalue weighted by Gasteiger charge is -2.32. The normalized spacial score (nSPS) is 18.9. The van der Waals surface area contributed by atoms with Crippen LogP contribution < -0.4 is 0 Å². The maximum Gasteiger partial charge on any atom is 0.229 e. The number of likely N-dealkylation sites (tertiary alicyclic amines) is 1. The summed E-state index contributed by atoms with van der Waals surface area (Å²) in [5.41, 5.74) is -0.318. The lowest BCUT2D eigenvalue weighted by Crippen LogP contribution is -2.43. The van der Waals surface area contributed by atoms with Crippen molar-refractivity contribution in [3.05, 3.63) is 0 Å². The van der Waals surface area contributed by atoms with E-state index in [1.54, 1.807) is 4.90 Å². The Balaban J connectivity index is 2.78. The molecule has 0 saturated carbocycles. The molecule has 1 heterocycles. The van der Waals surface area contributed by atoms with Crippen LogP contribution in [0.2, 0.25) is 0 Å². The van der Waals surface area contributed by atoms with Crippen LogP contribution in [0, 0.1) is 28.6 Å². The molecule has 19 heavy (non-hydrogen) atoms. The molecule has 1 aliphatic heterocycles. The average Bonchev–Trinajstić information content (AvgIpc) is 2.70. The standard InChI is InChI=1S/C13H18N4O2/c1-13(2,3)17-9-10(8-11(17)18)12(19)16(6-4-14)7-5-15/h10H,6-9H2,1-3H3. The number of amides is 2. The quantitative estimate of drug-likeness (QED) is 0.693. The Hall–Kier alpha value is -2.08. The highest BCUT2D eigenvalue weighted by molar-refractivity contribution is 5.89. The first kappa shape index (κ1) is 15.0. The maximum absolute atomic E-state index is 12.2. The van der Waals surface area contributed by atoms with Crippen LogP contribution >= 0.6 is 0 Å². The summed E-state index contributed by atoms with van der Waals surface area (Å²) in [4.78, 5) is 27.0. The molecule has 0 aromatic heterocycles. The fourth-order valence-corrected chi connectivity index (χ4v) is 2.16. The first-order chi connectivity index (χ1) is 8.81. The van der Waals surface area contributed by atoms with E-state index in [9.17, 15) is 9.59 Å². The Morgan fingerprint density at radius 1 is 1.37 bits per heavy atom. The molecule has 0 N–H and O–H groups in total. The van der Waals surface area contributed by atoms with Crippen LogP contribution in [-0.2, 0) is 9.59 Å². The molecule has 0 bridgehead atoms. The number of carbonyl (C=O) groups excluding carboxylic acids is 2. The van der Waals surface area contributed by atoms with Crippen molar-refractivity contribution in [1.29, 1.82) is 10.5 Å². The highest BCUT2D eigenvalue weighted by atomic mass is 16.2. The van der Waals surface area contributed by atoms with E-state index in [1.807, 2.05) is 32.9 Å². The Bertz CT molecular complexity index is 437. The molecule has 2 amide bonds. The minimum Gasteiger partial charge on any atom is -0.337 e. The summed E-state index contributed by atoms with van der Waals surface area (Å²) < 4.78 is 0. The second-order valence-corrected chi connectivity index (χ2v) is 5.59. The van der Waals surface area contributed by atoms with Crippen LogP contribution in [0.3, 0.4) is 0 Å².